The minimum absolute atomic E-state index is 0.128. The van der Waals surface area contributed by atoms with E-state index in [4.69, 9.17) is 27.9 Å². The molecule has 1 unspecified atom stereocenters. The molecule has 2 amide bonds. The van der Waals surface area contributed by atoms with Crippen LogP contribution in [0.2, 0.25) is 10.0 Å². The van der Waals surface area contributed by atoms with Gasteiger partial charge < -0.3 is 14.2 Å². The molecule has 0 radical (unpaired) electrons. The number of hydrogen-bond acceptors (Lipinski definition) is 3. The molecule has 0 fully saturated rings. The number of anilines is 1. The van der Waals surface area contributed by atoms with E-state index in [1.54, 1.807) is 29.0 Å². The summed E-state index contributed by atoms with van der Waals surface area (Å²) in [5.41, 5.74) is 3.84. The van der Waals surface area contributed by atoms with Crippen molar-refractivity contribution in [2.24, 2.45) is 0 Å². The van der Waals surface area contributed by atoms with Crippen molar-refractivity contribution in [2.75, 3.05) is 18.6 Å². The average Bonchev–Trinajstić information content (AvgIpc) is 3.40. The Morgan fingerprint density at radius 3 is 2.32 bits per heavy atom. The molecule has 2 heterocycles. The second-order valence-corrected chi connectivity index (χ2v) is 10.2. The highest BCUT2D eigenvalue weighted by molar-refractivity contribution is 6.36. The lowest BCUT2D eigenvalue weighted by molar-refractivity contribution is -0.120. The third-order valence-electron chi connectivity index (χ3n) is 6.77. The van der Waals surface area contributed by atoms with Crippen LogP contribution in [0.3, 0.4) is 0 Å². The van der Waals surface area contributed by atoms with Crippen LogP contribution in [0.25, 0.3) is 5.69 Å². The maximum absolute atomic E-state index is 14.2. The van der Waals surface area contributed by atoms with Gasteiger partial charge in [-0.3, -0.25) is 14.5 Å². The summed E-state index contributed by atoms with van der Waals surface area (Å²) in [7, 11) is 1.62. The highest BCUT2D eigenvalue weighted by Crippen LogP contribution is 2.42. The minimum Gasteiger partial charge on any atom is -0.497 e. The fourth-order valence-corrected chi connectivity index (χ4v) is 5.38. The van der Waals surface area contributed by atoms with Crippen LogP contribution in [0.5, 0.6) is 5.75 Å². The van der Waals surface area contributed by atoms with E-state index in [0.717, 1.165) is 28.4 Å². The van der Waals surface area contributed by atoms with Crippen molar-refractivity contribution < 1.29 is 14.3 Å². The van der Waals surface area contributed by atoms with Gasteiger partial charge in [0.15, 0.2) is 0 Å². The third-order valence-corrected chi connectivity index (χ3v) is 7.32. The Morgan fingerprint density at radius 2 is 1.66 bits per heavy atom. The van der Waals surface area contributed by atoms with Gasteiger partial charge in [-0.2, -0.15) is 0 Å². The van der Waals surface area contributed by atoms with Crippen LogP contribution in [0.4, 0.5) is 5.69 Å². The van der Waals surface area contributed by atoms with E-state index in [2.05, 4.69) is 4.57 Å². The SMILES string of the molecule is COc1ccc(C2c3cccn3-c3ccccc3N2C(=O)CN(C(=O)c2ccc(Cl)cc2Cl)C(C)C)cc1. The first-order valence-corrected chi connectivity index (χ1v) is 13.0. The molecule has 6 nitrogen and oxygen atoms in total. The standard InChI is InChI=1S/C30H27Cl2N3O3/c1-19(2)34(30(37)23-15-12-21(31)17-24(23)32)18-28(36)35-26-8-5-4-7-25(26)33-16-6-9-27(33)29(35)20-10-13-22(38-3)14-11-20/h4-17,19,29H,18H2,1-3H3. The van der Waals surface area contributed by atoms with E-state index in [0.29, 0.717) is 10.6 Å². The van der Waals surface area contributed by atoms with E-state index in [9.17, 15) is 9.59 Å². The first kappa shape index (κ1) is 25.9. The van der Waals surface area contributed by atoms with Crippen LogP contribution < -0.4 is 9.64 Å². The summed E-state index contributed by atoms with van der Waals surface area (Å²) in [6, 6.07) is 23.6. The summed E-state index contributed by atoms with van der Waals surface area (Å²) in [6.07, 6.45) is 2.00. The first-order valence-electron chi connectivity index (χ1n) is 12.3. The topological polar surface area (TPSA) is 54.8 Å². The number of para-hydroxylation sites is 2. The predicted molar refractivity (Wildman–Crippen MR) is 151 cm³/mol. The molecule has 8 heteroatoms. The zero-order chi connectivity index (χ0) is 27.0. The molecule has 0 spiro atoms. The molecule has 0 aliphatic carbocycles. The monoisotopic (exact) mass is 547 g/mol. The number of carbonyl (C=O) groups is 2. The minimum atomic E-state index is -0.401. The molecule has 1 atom stereocenters. The molecule has 0 N–H and O–H groups in total. The van der Waals surface area contributed by atoms with Crippen molar-refractivity contribution in [3.8, 4) is 11.4 Å². The van der Waals surface area contributed by atoms with Gasteiger partial charge in [0.2, 0.25) is 5.91 Å². The summed E-state index contributed by atoms with van der Waals surface area (Å²) in [6.45, 7) is 3.63. The van der Waals surface area contributed by atoms with Gasteiger partial charge in [0.25, 0.3) is 5.91 Å². The second kappa shape index (κ2) is 10.6. The third kappa shape index (κ3) is 4.66. The number of hydrogen-bond donors (Lipinski definition) is 0. The van der Waals surface area contributed by atoms with E-state index >= 15 is 0 Å². The summed E-state index contributed by atoms with van der Waals surface area (Å²) >= 11 is 12.4. The number of aromatic nitrogens is 1. The molecule has 0 saturated heterocycles. The van der Waals surface area contributed by atoms with E-state index in [-0.39, 0.29) is 29.4 Å². The number of rotatable bonds is 6. The lowest BCUT2D eigenvalue weighted by Gasteiger charge is -2.40. The Hall–Kier alpha value is -3.74. The van der Waals surface area contributed by atoms with Gasteiger partial charge in [-0.05, 0) is 74.0 Å². The molecule has 194 valence electrons. The van der Waals surface area contributed by atoms with Crippen LogP contribution in [-0.4, -0.2) is 41.0 Å². The van der Waals surface area contributed by atoms with E-state index < -0.39 is 6.04 Å². The van der Waals surface area contributed by atoms with Crippen LogP contribution in [0.1, 0.15) is 41.5 Å². The molecule has 5 rings (SSSR count). The van der Waals surface area contributed by atoms with Crippen molar-refractivity contribution in [2.45, 2.75) is 25.9 Å². The Morgan fingerprint density at radius 1 is 0.947 bits per heavy atom. The zero-order valence-corrected chi connectivity index (χ0v) is 22.8. The first-order chi connectivity index (χ1) is 18.3. The van der Waals surface area contributed by atoms with Crippen LogP contribution in [0.15, 0.2) is 85.1 Å². The summed E-state index contributed by atoms with van der Waals surface area (Å²) < 4.78 is 7.46. The van der Waals surface area contributed by atoms with Crippen molar-refractivity contribution in [3.63, 3.8) is 0 Å². The lowest BCUT2D eigenvalue weighted by atomic mass is 9.97. The quantitative estimate of drug-likeness (QED) is 0.267. The van der Waals surface area contributed by atoms with Crippen LogP contribution >= 0.6 is 23.2 Å². The van der Waals surface area contributed by atoms with Crippen molar-refractivity contribution in [1.82, 2.24) is 9.47 Å². The number of fused-ring (bicyclic) bond motifs is 3. The fourth-order valence-electron chi connectivity index (χ4n) is 4.89. The van der Waals surface area contributed by atoms with Crippen molar-refractivity contribution in [3.05, 3.63) is 112 Å². The number of methoxy groups -OCH3 is 1. The Balaban J connectivity index is 1.57. The molecule has 0 saturated carbocycles. The largest absolute Gasteiger partial charge is 0.497 e. The molecule has 38 heavy (non-hydrogen) atoms. The van der Waals surface area contributed by atoms with Gasteiger partial charge in [-0.15, -0.1) is 0 Å². The average molecular weight is 548 g/mol. The number of ether oxygens (including phenoxy) is 1. The van der Waals surface area contributed by atoms with Gasteiger partial charge >= 0.3 is 0 Å². The number of nitrogens with zero attached hydrogens (tertiary/aromatic N) is 3. The summed E-state index contributed by atoms with van der Waals surface area (Å²) in [4.78, 5) is 31.1. The van der Waals surface area contributed by atoms with E-state index in [1.165, 1.54) is 6.07 Å². The van der Waals surface area contributed by atoms with Crippen molar-refractivity contribution in [1.29, 1.82) is 0 Å². The molecule has 1 aliphatic heterocycles. The molecule has 0 bridgehead atoms. The molecule has 1 aromatic heterocycles. The van der Waals surface area contributed by atoms with Gasteiger partial charge in [0, 0.05) is 17.3 Å². The molecule has 4 aromatic rings. The number of halogens is 2. The van der Waals surface area contributed by atoms with Gasteiger partial charge in [0.1, 0.15) is 18.3 Å². The highest BCUT2D eigenvalue weighted by Gasteiger charge is 2.37. The Bertz CT molecular complexity index is 1500. The summed E-state index contributed by atoms with van der Waals surface area (Å²) in [5, 5.41) is 0.687. The summed E-state index contributed by atoms with van der Waals surface area (Å²) in [5.74, 6) is 0.192. The van der Waals surface area contributed by atoms with Crippen LogP contribution in [-0.2, 0) is 4.79 Å². The lowest BCUT2D eigenvalue weighted by Crippen LogP contribution is -2.48. The molecular formula is C30H27Cl2N3O3. The second-order valence-electron chi connectivity index (χ2n) is 9.38. The van der Waals surface area contributed by atoms with Crippen LogP contribution in [0, 0.1) is 0 Å². The van der Waals surface area contributed by atoms with Gasteiger partial charge in [-0.1, -0.05) is 47.5 Å². The van der Waals surface area contributed by atoms with Crippen molar-refractivity contribution >= 4 is 40.7 Å². The number of amides is 2. The highest BCUT2D eigenvalue weighted by atomic mass is 35.5. The fraction of sp³-hybridized carbons (Fsp3) is 0.200. The molecular weight excluding hydrogens is 521 g/mol. The Kier molecular flexibility index (Phi) is 7.19. The van der Waals surface area contributed by atoms with Gasteiger partial charge in [-0.25, -0.2) is 0 Å². The molecule has 3 aromatic carbocycles. The maximum atomic E-state index is 14.2. The maximum Gasteiger partial charge on any atom is 0.256 e. The smallest absolute Gasteiger partial charge is 0.256 e. The molecule has 1 aliphatic rings. The number of carbonyl (C=O) groups excluding carboxylic acids is 2. The Labute approximate surface area is 231 Å². The number of benzene rings is 3. The van der Waals surface area contributed by atoms with E-state index in [1.807, 2.05) is 80.7 Å². The zero-order valence-electron chi connectivity index (χ0n) is 21.3. The predicted octanol–water partition coefficient (Wildman–Crippen LogP) is 6.78. The normalized spacial score (nSPS) is 14.2. The van der Waals surface area contributed by atoms with Gasteiger partial charge in [0.05, 0.1) is 34.8 Å².